The number of carbonyl (C=O) groups is 1. The molecule has 1 N–H and O–H groups in total. The van der Waals surface area contributed by atoms with Gasteiger partial charge in [-0.2, -0.15) is 13.2 Å². The van der Waals surface area contributed by atoms with Gasteiger partial charge < -0.3 is 14.6 Å². The summed E-state index contributed by atoms with van der Waals surface area (Å²) in [4.78, 5) is 11.5. The molecule has 0 amide bonds. The van der Waals surface area contributed by atoms with Gasteiger partial charge in [-0.1, -0.05) is 61.7 Å². The molecule has 1 atom stereocenters. The smallest absolute Gasteiger partial charge is 0.416 e. The van der Waals surface area contributed by atoms with Gasteiger partial charge in [-0.05, 0) is 61.6 Å². The summed E-state index contributed by atoms with van der Waals surface area (Å²) < 4.78 is 51.0. The van der Waals surface area contributed by atoms with Crippen LogP contribution in [0.5, 0.6) is 11.5 Å². The molecule has 0 aromatic heterocycles. The van der Waals surface area contributed by atoms with Gasteiger partial charge in [0.25, 0.3) is 12.3 Å². The maximum absolute atomic E-state index is 13.1. The minimum atomic E-state index is -4.51. The molecule has 4 nitrogen and oxygen atoms in total. The highest BCUT2D eigenvalue weighted by molar-refractivity contribution is 5.79. The van der Waals surface area contributed by atoms with Crippen LogP contribution in [0.3, 0.4) is 0 Å². The number of benzene rings is 3. The number of aryl methyl sites for hydroxylation is 2. The summed E-state index contributed by atoms with van der Waals surface area (Å²) in [6, 6.07) is 13.5. The van der Waals surface area contributed by atoms with E-state index in [9.17, 15) is 23.1 Å². The van der Waals surface area contributed by atoms with E-state index in [1.165, 1.54) is 19.1 Å². The molecule has 3 aromatic carbocycles. The number of unbranched alkanes of at least 4 members (excludes halogenated alkanes) is 2. The van der Waals surface area contributed by atoms with Gasteiger partial charge in [-0.3, -0.25) is 4.79 Å². The highest BCUT2D eigenvalue weighted by Crippen LogP contribution is 2.45. The summed E-state index contributed by atoms with van der Waals surface area (Å²) >= 11 is 0. The summed E-state index contributed by atoms with van der Waals surface area (Å²) in [6.45, 7) is 7.55. The lowest BCUT2D eigenvalue weighted by molar-refractivity contribution is -0.181. The summed E-state index contributed by atoms with van der Waals surface area (Å²) in [7, 11) is 0. The third-order valence-corrected chi connectivity index (χ3v) is 6.28. The lowest BCUT2D eigenvalue weighted by Gasteiger charge is -2.32. The van der Waals surface area contributed by atoms with Crippen LogP contribution >= 0.6 is 0 Å². The van der Waals surface area contributed by atoms with Crippen LogP contribution in [0.2, 0.25) is 0 Å². The number of alkyl halides is 3. The number of phenols is 1. The van der Waals surface area contributed by atoms with E-state index in [0.717, 1.165) is 48.1 Å². The first kappa shape index (κ1) is 27.1. The van der Waals surface area contributed by atoms with Crippen molar-refractivity contribution in [3.05, 3.63) is 82.4 Å². The van der Waals surface area contributed by atoms with Gasteiger partial charge in [0.05, 0.1) is 11.1 Å². The predicted molar refractivity (Wildman–Crippen MR) is 133 cm³/mol. The number of hydrogen-bond acceptors (Lipinski definition) is 4. The van der Waals surface area contributed by atoms with Crippen LogP contribution in [0.15, 0.2) is 54.6 Å². The topological polar surface area (TPSA) is 55.8 Å². The first-order valence-corrected chi connectivity index (χ1v) is 11.9. The van der Waals surface area contributed by atoms with Gasteiger partial charge in [0.1, 0.15) is 11.5 Å². The number of ether oxygens (including phenoxy) is 2. The van der Waals surface area contributed by atoms with Gasteiger partial charge >= 0.3 is 6.18 Å². The summed E-state index contributed by atoms with van der Waals surface area (Å²) in [5.74, 6) is -1.44. The van der Waals surface area contributed by atoms with Crippen molar-refractivity contribution in [2.45, 2.75) is 65.3 Å². The van der Waals surface area contributed by atoms with Crippen molar-refractivity contribution < 1.29 is 32.5 Å². The summed E-state index contributed by atoms with van der Waals surface area (Å²) in [6.07, 6.45) is -0.818. The molecule has 0 spiro atoms. The number of aromatic hydroxyl groups is 1. The van der Waals surface area contributed by atoms with E-state index in [1.807, 2.05) is 38.1 Å². The fraction of sp³-hybridized carbons (Fsp3) is 0.345. The first-order valence-electron chi connectivity index (χ1n) is 11.9. The molecular weight excluding hydrogens is 469 g/mol. The monoisotopic (exact) mass is 500 g/mol. The highest BCUT2D eigenvalue weighted by atomic mass is 19.4. The van der Waals surface area contributed by atoms with E-state index in [-0.39, 0.29) is 17.8 Å². The van der Waals surface area contributed by atoms with E-state index in [0.29, 0.717) is 23.3 Å². The van der Waals surface area contributed by atoms with Gasteiger partial charge in [0.15, 0.2) is 0 Å². The van der Waals surface area contributed by atoms with E-state index in [4.69, 9.17) is 9.47 Å². The molecule has 0 fully saturated rings. The van der Waals surface area contributed by atoms with Crippen LogP contribution in [-0.4, -0.2) is 11.6 Å². The second kappa shape index (κ2) is 11.1. The molecule has 0 radical (unpaired) electrons. The number of halogens is 3. The van der Waals surface area contributed by atoms with Crippen molar-refractivity contribution in [1.82, 2.24) is 0 Å². The fourth-order valence-electron chi connectivity index (χ4n) is 4.23. The maximum Gasteiger partial charge on any atom is 0.416 e. The molecule has 0 aliphatic heterocycles. The standard InChI is InChI=1S/C29H31F3O4/c1-5-6-7-10-21-17-25(34)26(22-11-8-9-19(2)16-22)27(20(21)3)36-28(4,35-18-33)23-12-14-24(15-13-23)29(30,31)32/h8-9,11-18,34H,5-7,10H2,1-4H3. The van der Waals surface area contributed by atoms with Gasteiger partial charge in [0.2, 0.25) is 0 Å². The van der Waals surface area contributed by atoms with Crippen LogP contribution < -0.4 is 4.74 Å². The van der Waals surface area contributed by atoms with Crippen molar-refractivity contribution >= 4 is 6.47 Å². The predicted octanol–water partition coefficient (Wildman–Crippen LogP) is 7.85. The van der Waals surface area contributed by atoms with Gasteiger partial charge in [-0.15, -0.1) is 0 Å². The molecule has 1 unspecified atom stereocenters. The first-order chi connectivity index (χ1) is 17.0. The molecule has 0 saturated heterocycles. The Morgan fingerprint density at radius 3 is 2.22 bits per heavy atom. The van der Waals surface area contributed by atoms with Crippen molar-refractivity contribution in [3.63, 3.8) is 0 Å². The Balaban J connectivity index is 2.17. The number of carbonyl (C=O) groups excluding carboxylic acids is 1. The van der Waals surface area contributed by atoms with Crippen molar-refractivity contribution in [2.75, 3.05) is 0 Å². The fourth-order valence-corrected chi connectivity index (χ4v) is 4.23. The van der Waals surface area contributed by atoms with E-state index in [2.05, 4.69) is 6.92 Å². The molecule has 0 saturated carbocycles. The SMILES string of the molecule is CCCCCc1cc(O)c(-c2cccc(C)c2)c(OC(C)(OC=O)c2ccc(C(F)(F)F)cc2)c1C. The van der Waals surface area contributed by atoms with Gasteiger partial charge in [-0.25, -0.2) is 0 Å². The van der Waals surface area contributed by atoms with Crippen molar-refractivity contribution in [3.8, 4) is 22.6 Å². The lowest BCUT2D eigenvalue weighted by atomic mass is 9.93. The van der Waals surface area contributed by atoms with E-state index in [1.54, 1.807) is 6.07 Å². The highest BCUT2D eigenvalue weighted by Gasteiger charge is 2.36. The molecular formula is C29H31F3O4. The zero-order chi connectivity index (χ0) is 26.5. The Morgan fingerprint density at radius 1 is 0.972 bits per heavy atom. The molecule has 192 valence electrons. The Kier molecular flexibility index (Phi) is 8.33. The Hall–Kier alpha value is -3.48. The normalized spacial score (nSPS) is 13.2. The Labute approximate surface area is 209 Å². The van der Waals surface area contributed by atoms with Crippen LogP contribution in [0.4, 0.5) is 13.2 Å². The summed E-state index contributed by atoms with van der Waals surface area (Å²) in [5.41, 5.74) is 3.12. The van der Waals surface area contributed by atoms with E-state index >= 15 is 0 Å². The third kappa shape index (κ3) is 6.01. The molecule has 36 heavy (non-hydrogen) atoms. The van der Waals surface area contributed by atoms with Gasteiger partial charge in [0, 0.05) is 12.5 Å². The van der Waals surface area contributed by atoms with E-state index < -0.39 is 17.5 Å². The Morgan fingerprint density at radius 2 is 1.64 bits per heavy atom. The van der Waals surface area contributed by atoms with Crippen LogP contribution in [0, 0.1) is 13.8 Å². The molecule has 7 heteroatoms. The van der Waals surface area contributed by atoms with Crippen LogP contribution in [0.1, 0.15) is 60.9 Å². The van der Waals surface area contributed by atoms with Crippen molar-refractivity contribution in [1.29, 1.82) is 0 Å². The number of phenolic OH excluding ortho intramolecular Hbond substituents is 1. The van der Waals surface area contributed by atoms with Crippen molar-refractivity contribution in [2.24, 2.45) is 0 Å². The molecule has 0 heterocycles. The lowest BCUT2D eigenvalue weighted by Crippen LogP contribution is -2.33. The quantitative estimate of drug-likeness (QED) is 0.175. The molecule has 0 aliphatic rings. The van der Waals surface area contributed by atoms with Crippen LogP contribution in [0.25, 0.3) is 11.1 Å². The second-order valence-corrected chi connectivity index (χ2v) is 9.05. The third-order valence-electron chi connectivity index (χ3n) is 6.28. The Bertz CT molecular complexity index is 1200. The molecule has 0 aliphatic carbocycles. The molecule has 0 bridgehead atoms. The minimum Gasteiger partial charge on any atom is -0.507 e. The average molecular weight is 501 g/mol. The second-order valence-electron chi connectivity index (χ2n) is 9.05. The average Bonchev–Trinajstić information content (AvgIpc) is 2.82. The number of rotatable bonds is 10. The largest absolute Gasteiger partial charge is 0.507 e. The minimum absolute atomic E-state index is 0.00794. The molecule has 3 aromatic rings. The number of hydrogen-bond donors (Lipinski definition) is 1. The maximum atomic E-state index is 13.1. The zero-order valence-electron chi connectivity index (χ0n) is 20.9. The molecule has 3 rings (SSSR count). The zero-order valence-corrected chi connectivity index (χ0v) is 20.9. The summed E-state index contributed by atoms with van der Waals surface area (Å²) in [5, 5.41) is 11.1. The van der Waals surface area contributed by atoms with Crippen LogP contribution in [-0.2, 0) is 27.9 Å².